The number of rotatable bonds is 7. The van der Waals surface area contributed by atoms with E-state index in [1.54, 1.807) is 12.1 Å². The number of ether oxygens (including phenoxy) is 1. The van der Waals surface area contributed by atoms with E-state index in [-0.39, 0.29) is 5.75 Å². The van der Waals surface area contributed by atoms with Gasteiger partial charge in [0.25, 0.3) is 5.22 Å². The van der Waals surface area contributed by atoms with Gasteiger partial charge in [0, 0.05) is 11.3 Å². The smallest absolute Gasteiger partial charge is 0.387 e. The van der Waals surface area contributed by atoms with Crippen molar-refractivity contribution in [3.8, 4) is 17.2 Å². The number of halogens is 2. The van der Waals surface area contributed by atoms with Gasteiger partial charge in [-0.15, -0.1) is 10.2 Å². The van der Waals surface area contributed by atoms with Gasteiger partial charge < -0.3 is 9.15 Å². The van der Waals surface area contributed by atoms with Crippen molar-refractivity contribution in [2.75, 3.05) is 5.75 Å². The van der Waals surface area contributed by atoms with Gasteiger partial charge in [0.05, 0.1) is 0 Å². The van der Waals surface area contributed by atoms with Crippen molar-refractivity contribution in [1.82, 2.24) is 10.2 Å². The lowest BCUT2D eigenvalue weighted by molar-refractivity contribution is -0.0498. The average molecular weight is 360 g/mol. The zero-order chi connectivity index (χ0) is 17.5. The zero-order valence-corrected chi connectivity index (χ0v) is 13.8. The van der Waals surface area contributed by atoms with Gasteiger partial charge in [-0.2, -0.15) is 8.78 Å². The quantitative estimate of drug-likeness (QED) is 0.546. The van der Waals surface area contributed by atoms with Crippen molar-refractivity contribution in [3.63, 3.8) is 0 Å². The maximum absolute atomic E-state index is 12.1. The SMILES string of the molecule is FC(F)Oc1ccc(-c2nnc(SCC=Cc3ccccc3)o2)cc1. The van der Waals surface area contributed by atoms with E-state index in [2.05, 4.69) is 14.9 Å². The Balaban J connectivity index is 1.56. The molecule has 3 aromatic rings. The Bertz CT molecular complexity index is 821. The Labute approximate surface area is 147 Å². The van der Waals surface area contributed by atoms with Crippen molar-refractivity contribution >= 4 is 17.8 Å². The first-order valence-corrected chi connectivity index (χ1v) is 8.42. The summed E-state index contributed by atoms with van der Waals surface area (Å²) >= 11 is 1.42. The van der Waals surface area contributed by atoms with Gasteiger partial charge >= 0.3 is 6.61 Å². The van der Waals surface area contributed by atoms with E-state index in [0.717, 1.165) is 5.56 Å². The van der Waals surface area contributed by atoms with Gasteiger partial charge in [-0.25, -0.2) is 0 Å². The molecule has 0 atom stereocenters. The monoisotopic (exact) mass is 360 g/mol. The van der Waals surface area contributed by atoms with Gasteiger partial charge in [-0.05, 0) is 29.8 Å². The second kappa shape index (κ2) is 8.43. The average Bonchev–Trinajstić information content (AvgIpc) is 3.09. The minimum absolute atomic E-state index is 0.0823. The second-order valence-electron chi connectivity index (χ2n) is 4.90. The van der Waals surface area contributed by atoms with E-state index in [9.17, 15) is 8.78 Å². The fraction of sp³-hybridized carbons (Fsp3) is 0.111. The van der Waals surface area contributed by atoms with Gasteiger partial charge in [0.2, 0.25) is 5.89 Å². The number of alkyl halides is 2. The third-order valence-corrected chi connectivity index (χ3v) is 3.92. The fourth-order valence-corrected chi connectivity index (χ4v) is 2.60. The standard InChI is InChI=1S/C18H14F2N2O2S/c19-17(20)23-15-10-8-14(9-11-15)16-21-22-18(24-16)25-12-4-7-13-5-2-1-3-6-13/h1-11,17H,12H2. The van der Waals surface area contributed by atoms with Crippen LogP contribution in [0, 0.1) is 0 Å². The van der Waals surface area contributed by atoms with Crippen LogP contribution in [0.4, 0.5) is 8.78 Å². The van der Waals surface area contributed by atoms with Crippen LogP contribution in [-0.4, -0.2) is 22.6 Å². The minimum atomic E-state index is -2.85. The highest BCUT2D eigenvalue weighted by atomic mass is 32.2. The number of thioether (sulfide) groups is 1. The van der Waals surface area contributed by atoms with Crippen LogP contribution in [0.1, 0.15) is 5.56 Å². The number of aromatic nitrogens is 2. The Morgan fingerprint density at radius 3 is 2.52 bits per heavy atom. The van der Waals surface area contributed by atoms with E-state index in [1.807, 2.05) is 42.5 Å². The van der Waals surface area contributed by atoms with Crippen LogP contribution in [0.3, 0.4) is 0 Å². The molecule has 0 saturated carbocycles. The molecule has 0 aliphatic heterocycles. The maximum Gasteiger partial charge on any atom is 0.387 e. The molecule has 7 heteroatoms. The molecule has 0 N–H and O–H groups in total. The van der Waals surface area contributed by atoms with Crippen LogP contribution in [-0.2, 0) is 0 Å². The van der Waals surface area contributed by atoms with Crippen molar-refractivity contribution in [2.24, 2.45) is 0 Å². The number of hydrogen-bond donors (Lipinski definition) is 0. The maximum atomic E-state index is 12.1. The summed E-state index contributed by atoms with van der Waals surface area (Å²) in [5.74, 6) is 1.11. The Morgan fingerprint density at radius 1 is 1.04 bits per heavy atom. The summed E-state index contributed by atoms with van der Waals surface area (Å²) in [6, 6.07) is 16.0. The molecule has 0 amide bonds. The summed E-state index contributed by atoms with van der Waals surface area (Å²) in [7, 11) is 0. The Morgan fingerprint density at radius 2 is 1.80 bits per heavy atom. The highest BCUT2D eigenvalue weighted by Gasteiger charge is 2.10. The number of hydrogen-bond acceptors (Lipinski definition) is 5. The van der Waals surface area contributed by atoms with Crippen LogP contribution in [0.25, 0.3) is 17.5 Å². The van der Waals surface area contributed by atoms with Crippen LogP contribution in [0.5, 0.6) is 5.75 Å². The fourth-order valence-electron chi connectivity index (χ4n) is 2.03. The van der Waals surface area contributed by atoms with E-state index < -0.39 is 6.61 Å². The molecule has 0 fully saturated rings. The molecule has 0 radical (unpaired) electrons. The van der Waals surface area contributed by atoms with E-state index in [1.165, 1.54) is 23.9 Å². The molecule has 0 bridgehead atoms. The summed E-state index contributed by atoms with van der Waals surface area (Å²) < 4.78 is 34.1. The summed E-state index contributed by atoms with van der Waals surface area (Å²) in [4.78, 5) is 0. The molecule has 128 valence electrons. The van der Waals surface area contributed by atoms with Gasteiger partial charge in [0.1, 0.15) is 5.75 Å². The van der Waals surface area contributed by atoms with Gasteiger partial charge in [-0.1, -0.05) is 54.2 Å². The van der Waals surface area contributed by atoms with Crippen LogP contribution in [0.15, 0.2) is 70.3 Å². The van der Waals surface area contributed by atoms with Gasteiger partial charge in [-0.3, -0.25) is 0 Å². The van der Waals surface area contributed by atoms with Crippen molar-refractivity contribution in [2.45, 2.75) is 11.8 Å². The van der Waals surface area contributed by atoms with E-state index >= 15 is 0 Å². The summed E-state index contributed by atoms with van der Waals surface area (Å²) in [6.45, 7) is -2.85. The van der Waals surface area contributed by atoms with Crippen LogP contribution >= 0.6 is 11.8 Å². The van der Waals surface area contributed by atoms with E-state index in [0.29, 0.717) is 22.4 Å². The van der Waals surface area contributed by atoms with Crippen molar-refractivity contribution in [1.29, 1.82) is 0 Å². The summed E-state index contributed by atoms with van der Waals surface area (Å²) in [5, 5.41) is 8.38. The molecular weight excluding hydrogens is 346 g/mol. The first-order valence-electron chi connectivity index (χ1n) is 7.44. The molecule has 0 saturated heterocycles. The first-order chi connectivity index (χ1) is 12.2. The van der Waals surface area contributed by atoms with Crippen molar-refractivity contribution in [3.05, 3.63) is 66.2 Å². The minimum Gasteiger partial charge on any atom is -0.435 e. The van der Waals surface area contributed by atoms with Crippen LogP contribution < -0.4 is 4.74 Å². The molecule has 3 rings (SSSR count). The second-order valence-corrected chi connectivity index (χ2v) is 5.87. The predicted molar refractivity (Wildman–Crippen MR) is 92.6 cm³/mol. The van der Waals surface area contributed by atoms with E-state index in [4.69, 9.17) is 4.42 Å². The molecule has 2 aromatic carbocycles. The van der Waals surface area contributed by atoms with Crippen molar-refractivity contribution < 1.29 is 17.9 Å². The zero-order valence-electron chi connectivity index (χ0n) is 13.0. The number of nitrogens with zero attached hydrogens (tertiary/aromatic N) is 2. The summed E-state index contributed by atoms with van der Waals surface area (Å²) in [6.07, 6.45) is 4.03. The Hall–Kier alpha value is -2.67. The third kappa shape index (κ3) is 5.15. The predicted octanol–water partition coefficient (Wildman–Crippen LogP) is 5.14. The lowest BCUT2D eigenvalue weighted by Gasteiger charge is -2.03. The third-order valence-electron chi connectivity index (χ3n) is 3.15. The molecule has 0 aliphatic carbocycles. The highest BCUT2D eigenvalue weighted by Crippen LogP contribution is 2.25. The molecule has 0 spiro atoms. The molecule has 0 aliphatic rings. The first kappa shape index (κ1) is 17.2. The van der Waals surface area contributed by atoms with Gasteiger partial charge in [0.15, 0.2) is 0 Å². The summed E-state index contributed by atoms with van der Waals surface area (Å²) in [5.41, 5.74) is 1.77. The number of benzene rings is 2. The molecule has 4 nitrogen and oxygen atoms in total. The molecule has 1 aromatic heterocycles. The molecule has 0 unspecified atom stereocenters. The molecule has 1 heterocycles. The topological polar surface area (TPSA) is 48.2 Å². The highest BCUT2D eigenvalue weighted by molar-refractivity contribution is 7.99. The van der Waals surface area contributed by atoms with Crippen LogP contribution in [0.2, 0.25) is 0 Å². The largest absolute Gasteiger partial charge is 0.435 e. The normalized spacial score (nSPS) is 11.3. The molecule has 25 heavy (non-hydrogen) atoms. The lowest BCUT2D eigenvalue weighted by atomic mass is 10.2. The Kier molecular flexibility index (Phi) is 5.79. The molecular formula is C18H14F2N2O2S. The lowest BCUT2D eigenvalue weighted by Crippen LogP contribution is -2.01.